The van der Waals surface area contributed by atoms with Crippen LogP contribution in [-0.2, 0) is 6.54 Å². The van der Waals surface area contributed by atoms with Gasteiger partial charge in [0.2, 0.25) is 0 Å². The van der Waals surface area contributed by atoms with Crippen molar-refractivity contribution in [2.75, 3.05) is 13.1 Å². The predicted molar refractivity (Wildman–Crippen MR) is 71.7 cm³/mol. The first-order valence-corrected chi connectivity index (χ1v) is 6.47. The Balaban J connectivity index is 2.53. The average Bonchev–Trinajstić information content (AvgIpc) is 2.50. The van der Waals surface area contributed by atoms with Crippen molar-refractivity contribution in [3.8, 4) is 0 Å². The zero-order chi connectivity index (χ0) is 11.3. The molecule has 2 nitrogen and oxygen atoms in total. The summed E-state index contributed by atoms with van der Waals surface area (Å²) in [6.07, 6.45) is 1.10. The highest BCUT2D eigenvalue weighted by Crippen LogP contribution is 2.22. The SMILES string of the molecule is CCCN(CC(N)=S)Cc1ccc(Cl)s1. The molecule has 15 heavy (non-hydrogen) atoms. The van der Waals surface area contributed by atoms with Gasteiger partial charge in [-0.05, 0) is 25.1 Å². The molecular formula is C10H15ClN2S2. The van der Waals surface area contributed by atoms with E-state index in [2.05, 4.69) is 17.9 Å². The van der Waals surface area contributed by atoms with Crippen LogP contribution in [-0.4, -0.2) is 23.0 Å². The van der Waals surface area contributed by atoms with Gasteiger partial charge >= 0.3 is 0 Å². The van der Waals surface area contributed by atoms with Gasteiger partial charge in [-0.25, -0.2) is 0 Å². The Morgan fingerprint density at radius 1 is 1.60 bits per heavy atom. The topological polar surface area (TPSA) is 29.3 Å². The minimum Gasteiger partial charge on any atom is -0.392 e. The van der Waals surface area contributed by atoms with Gasteiger partial charge in [-0.1, -0.05) is 30.7 Å². The smallest absolute Gasteiger partial charge is 0.0931 e. The number of rotatable bonds is 6. The van der Waals surface area contributed by atoms with Crippen LogP contribution in [0, 0.1) is 0 Å². The number of thiophene rings is 1. The quantitative estimate of drug-likeness (QED) is 0.800. The monoisotopic (exact) mass is 262 g/mol. The average molecular weight is 263 g/mol. The third kappa shape index (κ3) is 4.93. The first-order valence-electron chi connectivity index (χ1n) is 4.86. The molecule has 5 heteroatoms. The third-order valence-corrected chi connectivity index (χ3v) is 3.27. The van der Waals surface area contributed by atoms with Gasteiger partial charge in [0.15, 0.2) is 0 Å². The van der Waals surface area contributed by atoms with Gasteiger partial charge in [-0.15, -0.1) is 11.3 Å². The molecule has 0 aromatic carbocycles. The molecule has 84 valence electrons. The maximum atomic E-state index is 5.88. The van der Waals surface area contributed by atoms with E-state index in [1.807, 2.05) is 6.07 Å². The Bertz CT molecular complexity index is 325. The molecule has 1 aromatic rings. The highest BCUT2D eigenvalue weighted by Gasteiger charge is 2.07. The van der Waals surface area contributed by atoms with Crippen LogP contribution in [0.25, 0.3) is 0 Å². The lowest BCUT2D eigenvalue weighted by Crippen LogP contribution is -2.32. The molecule has 0 spiro atoms. The summed E-state index contributed by atoms with van der Waals surface area (Å²) in [6.45, 7) is 4.71. The molecule has 0 saturated carbocycles. The summed E-state index contributed by atoms with van der Waals surface area (Å²) in [4.78, 5) is 4.04. The molecule has 1 aromatic heterocycles. The second-order valence-corrected chi connectivity index (χ2v) is 5.71. The highest BCUT2D eigenvalue weighted by molar-refractivity contribution is 7.80. The van der Waals surface area contributed by atoms with Crippen molar-refractivity contribution in [1.82, 2.24) is 4.90 Å². The van der Waals surface area contributed by atoms with E-state index in [1.54, 1.807) is 11.3 Å². The summed E-state index contributed by atoms with van der Waals surface area (Å²) in [5.74, 6) is 0. The van der Waals surface area contributed by atoms with Gasteiger partial charge in [0, 0.05) is 18.0 Å². The molecule has 1 rings (SSSR count). The van der Waals surface area contributed by atoms with Gasteiger partial charge in [-0.3, -0.25) is 4.90 Å². The molecule has 0 amide bonds. The lowest BCUT2D eigenvalue weighted by atomic mass is 10.3. The van der Waals surface area contributed by atoms with Crippen LogP contribution < -0.4 is 5.73 Å². The van der Waals surface area contributed by atoms with Crippen LogP contribution in [0.3, 0.4) is 0 Å². The second kappa shape index (κ2) is 6.43. The Kier molecular flexibility index (Phi) is 5.53. The lowest BCUT2D eigenvalue weighted by molar-refractivity contribution is 0.307. The Morgan fingerprint density at radius 3 is 2.80 bits per heavy atom. The molecular weight excluding hydrogens is 248 g/mol. The Hall–Kier alpha value is -0.160. The normalized spacial score (nSPS) is 10.9. The van der Waals surface area contributed by atoms with Crippen molar-refractivity contribution in [1.29, 1.82) is 0 Å². The zero-order valence-corrected chi connectivity index (χ0v) is 11.1. The number of halogens is 1. The van der Waals surface area contributed by atoms with E-state index < -0.39 is 0 Å². The summed E-state index contributed by atoms with van der Waals surface area (Å²) < 4.78 is 0.830. The van der Waals surface area contributed by atoms with Gasteiger partial charge in [0.1, 0.15) is 0 Å². The van der Waals surface area contributed by atoms with Crippen LogP contribution in [0.15, 0.2) is 12.1 Å². The minimum absolute atomic E-state index is 0.547. The fraction of sp³-hybridized carbons (Fsp3) is 0.500. The molecule has 0 aliphatic heterocycles. The van der Waals surface area contributed by atoms with Gasteiger partial charge in [0.25, 0.3) is 0 Å². The van der Waals surface area contributed by atoms with E-state index in [0.29, 0.717) is 11.5 Å². The molecule has 0 radical (unpaired) electrons. The predicted octanol–water partition coefficient (Wildman–Crippen LogP) is 2.90. The Morgan fingerprint density at radius 2 is 2.33 bits per heavy atom. The standard InChI is InChI=1S/C10H15ClN2S2/c1-2-5-13(7-10(12)14)6-8-3-4-9(11)15-8/h3-4H,2,5-7H2,1H3,(H2,12,14). The van der Waals surface area contributed by atoms with Crippen LogP contribution in [0.5, 0.6) is 0 Å². The molecule has 0 fully saturated rings. The van der Waals surface area contributed by atoms with E-state index >= 15 is 0 Å². The van der Waals surface area contributed by atoms with Crippen LogP contribution in [0.1, 0.15) is 18.2 Å². The van der Waals surface area contributed by atoms with Crippen LogP contribution in [0.2, 0.25) is 4.34 Å². The lowest BCUT2D eigenvalue weighted by Gasteiger charge is -2.19. The summed E-state index contributed by atoms with van der Waals surface area (Å²) in [5, 5.41) is 0. The van der Waals surface area contributed by atoms with Crippen molar-refractivity contribution in [3.05, 3.63) is 21.3 Å². The van der Waals surface area contributed by atoms with Crippen molar-refractivity contribution in [3.63, 3.8) is 0 Å². The van der Waals surface area contributed by atoms with Crippen LogP contribution >= 0.6 is 35.2 Å². The number of hydrogen-bond donors (Lipinski definition) is 1. The molecule has 0 bridgehead atoms. The summed E-state index contributed by atoms with van der Waals surface area (Å²) >= 11 is 12.4. The maximum absolute atomic E-state index is 5.88. The van der Waals surface area contributed by atoms with Crippen molar-refractivity contribution >= 4 is 40.1 Å². The van der Waals surface area contributed by atoms with E-state index in [0.717, 1.165) is 23.8 Å². The molecule has 1 heterocycles. The van der Waals surface area contributed by atoms with Gasteiger partial charge in [0.05, 0.1) is 9.32 Å². The maximum Gasteiger partial charge on any atom is 0.0931 e. The van der Waals surface area contributed by atoms with Crippen molar-refractivity contribution in [2.45, 2.75) is 19.9 Å². The summed E-state index contributed by atoms with van der Waals surface area (Å²) in [6, 6.07) is 3.97. The molecule has 0 atom stereocenters. The second-order valence-electron chi connectivity index (χ2n) is 3.38. The van der Waals surface area contributed by atoms with Crippen LogP contribution in [0.4, 0.5) is 0 Å². The molecule has 2 N–H and O–H groups in total. The molecule has 0 aliphatic carbocycles. The van der Waals surface area contributed by atoms with Gasteiger partial charge in [-0.2, -0.15) is 0 Å². The largest absolute Gasteiger partial charge is 0.392 e. The van der Waals surface area contributed by atoms with E-state index in [9.17, 15) is 0 Å². The van der Waals surface area contributed by atoms with Crippen molar-refractivity contribution in [2.24, 2.45) is 5.73 Å². The number of nitrogens with zero attached hydrogens (tertiary/aromatic N) is 1. The number of hydrogen-bond acceptors (Lipinski definition) is 3. The fourth-order valence-corrected chi connectivity index (χ4v) is 2.72. The number of nitrogens with two attached hydrogens (primary N) is 1. The summed E-state index contributed by atoms with van der Waals surface area (Å²) in [5.41, 5.74) is 5.55. The fourth-order valence-electron chi connectivity index (χ4n) is 1.41. The highest BCUT2D eigenvalue weighted by atomic mass is 35.5. The van der Waals surface area contributed by atoms with E-state index in [4.69, 9.17) is 29.6 Å². The van der Waals surface area contributed by atoms with E-state index in [-0.39, 0.29) is 0 Å². The third-order valence-electron chi connectivity index (χ3n) is 1.93. The van der Waals surface area contributed by atoms with Gasteiger partial charge < -0.3 is 5.73 Å². The minimum atomic E-state index is 0.547. The van der Waals surface area contributed by atoms with Crippen molar-refractivity contribution < 1.29 is 0 Å². The molecule has 0 unspecified atom stereocenters. The number of thiocarbonyl (C=S) groups is 1. The first-order chi connectivity index (χ1) is 7.11. The summed E-state index contributed by atoms with van der Waals surface area (Å²) in [7, 11) is 0. The molecule has 0 saturated heterocycles. The molecule has 0 aliphatic rings. The first kappa shape index (κ1) is 12.9. The van der Waals surface area contributed by atoms with E-state index in [1.165, 1.54) is 4.88 Å². The zero-order valence-electron chi connectivity index (χ0n) is 8.70. The Labute approximate surface area is 105 Å².